The summed E-state index contributed by atoms with van der Waals surface area (Å²) in [6, 6.07) is 30.1. The second-order valence-corrected chi connectivity index (χ2v) is 20.0. The van der Waals surface area contributed by atoms with Gasteiger partial charge in [-0.25, -0.2) is 19.0 Å². The number of nitrogens with zero attached hydrogens (tertiary/aromatic N) is 16. The molecule has 0 atom stereocenters. The Labute approximate surface area is 640 Å². The molecule has 0 bridgehead atoms. The van der Waals surface area contributed by atoms with Crippen LogP contribution >= 0.6 is 43.5 Å². The Bertz CT molecular complexity index is 4060. The summed E-state index contributed by atoms with van der Waals surface area (Å²) in [5, 5.41) is 100. The zero-order valence-electron chi connectivity index (χ0n) is 51.1. The summed E-state index contributed by atoms with van der Waals surface area (Å²) in [5.74, 6) is -0.0473. The molecule has 0 spiro atoms. The van der Waals surface area contributed by atoms with Gasteiger partial charge in [0.2, 0.25) is 11.1 Å². The van der Waals surface area contributed by atoms with Crippen LogP contribution in [0.2, 0.25) is 0 Å². The van der Waals surface area contributed by atoms with Gasteiger partial charge >= 0.3 is 115 Å². The van der Waals surface area contributed by atoms with Crippen LogP contribution in [0, 0.1) is 26.0 Å². The maximum atomic E-state index is 12.8. The van der Waals surface area contributed by atoms with Crippen LogP contribution in [0.4, 0.5) is 26.2 Å². The molecule has 0 saturated heterocycles. The zero-order valence-corrected chi connectivity index (χ0v) is 61.3. The summed E-state index contributed by atoms with van der Waals surface area (Å²) in [4.78, 5) is 81.0. The summed E-state index contributed by atoms with van der Waals surface area (Å²) in [5.41, 5.74) is 3.56. The number of nitro groups is 2. The molecule has 4 heterocycles. The van der Waals surface area contributed by atoms with Crippen molar-refractivity contribution in [2.45, 2.75) is 83.0 Å². The second-order valence-electron chi connectivity index (χ2n) is 18.4. The van der Waals surface area contributed by atoms with Gasteiger partial charge in [-0.15, -0.1) is 35.7 Å². The van der Waals surface area contributed by atoms with E-state index in [0.29, 0.717) is 95.6 Å². The van der Waals surface area contributed by atoms with Gasteiger partial charge in [-0.1, -0.05) is 106 Å². The number of ether oxygens (including phenoxy) is 1. The average Bonchev–Trinajstić information content (AvgIpc) is 2.04. The van der Waals surface area contributed by atoms with Crippen molar-refractivity contribution in [3.63, 3.8) is 0 Å². The Kier molecular flexibility index (Phi) is 38.6. The number of halogens is 4. The molecule has 0 saturated carbocycles. The number of carboxylic acid groups (broad SMARTS) is 3. The number of esters is 1. The number of rotatable bonds is 20. The zero-order chi connectivity index (χ0) is 66.4. The topological polar surface area (TPSA) is 473 Å². The van der Waals surface area contributed by atoms with Crippen LogP contribution < -0.4 is 124 Å². The van der Waals surface area contributed by atoms with Crippen LogP contribution in [0.5, 0.6) is 0 Å². The number of aromatic nitrogens is 12. The van der Waals surface area contributed by atoms with Gasteiger partial charge < -0.3 is 36.3 Å². The SMILES string of the molecule is C1N=NC(Cc2nn[nH]n2)=N1.CCCC(=O)Cl.CCCC(=O)Nc1ccc([N+](=O)[O-])cc1Cn1nnc(Cc2nnn(Cc3cc(C(=O)O)c4ccccc4c3)n2)n1.CCOC(=O)c1cc(CBr)cc2ccccc12.N.O=C([O-])[O-].O=[N+]([O-])c1ccc(F)c(CBr)c1.[K+].[K+]. The van der Waals surface area contributed by atoms with E-state index in [1.54, 1.807) is 18.2 Å². The van der Waals surface area contributed by atoms with Crippen molar-refractivity contribution in [1.82, 2.24) is 67.2 Å². The number of nitro benzene ring substituents is 2. The number of benzene rings is 6. The maximum Gasteiger partial charge on any atom is 1.00 e. The first-order valence-electron chi connectivity index (χ1n) is 26.9. The number of hydrogen-bond acceptors (Lipinski definition) is 25. The smallest absolute Gasteiger partial charge is 0.652 e. The van der Waals surface area contributed by atoms with E-state index in [4.69, 9.17) is 31.3 Å². The first kappa shape index (κ1) is 83.0. The number of amides is 1. The molecule has 1 amide bonds. The van der Waals surface area contributed by atoms with Gasteiger partial charge in [-0.3, -0.25) is 29.8 Å². The molecule has 10 rings (SSSR count). The quantitative estimate of drug-likeness (QED) is 0.0212. The van der Waals surface area contributed by atoms with Crippen LogP contribution in [0.3, 0.4) is 0 Å². The van der Waals surface area contributed by atoms with Crippen molar-refractivity contribution in [1.29, 1.82) is 0 Å². The molecule has 1 aliphatic rings. The average molecular weight is 1500 g/mol. The molecule has 484 valence electrons. The van der Waals surface area contributed by atoms with E-state index in [2.05, 4.69) is 110 Å². The Morgan fingerprint density at radius 2 is 1.27 bits per heavy atom. The summed E-state index contributed by atoms with van der Waals surface area (Å²) < 4.78 is 17.9. The normalized spacial score (nSPS) is 10.6. The number of non-ortho nitro benzene ring substituents is 2. The Morgan fingerprint density at radius 3 is 1.77 bits per heavy atom. The van der Waals surface area contributed by atoms with Crippen LogP contribution in [0.15, 0.2) is 124 Å². The number of aromatic amines is 1. The number of nitrogens with one attached hydrogen (secondary N) is 2. The van der Waals surface area contributed by atoms with E-state index in [1.165, 1.54) is 33.9 Å². The fourth-order valence-corrected chi connectivity index (χ4v) is 8.80. The van der Waals surface area contributed by atoms with Crippen molar-refractivity contribution in [2.75, 3.05) is 18.6 Å². The third kappa shape index (κ3) is 28.1. The second kappa shape index (κ2) is 43.8. The molecule has 6 N–H and O–H groups in total. The number of carboxylic acids is 1. The molecule has 0 aliphatic carbocycles. The van der Waals surface area contributed by atoms with Crippen LogP contribution in [0.25, 0.3) is 21.5 Å². The minimum atomic E-state index is -2.33. The molecule has 32 nitrogen and oxygen atoms in total. The van der Waals surface area contributed by atoms with Gasteiger partial charge in [0.05, 0.1) is 53.5 Å². The fraction of sp³-hybridized carbons (Fsp3) is 0.268. The Hall–Kier alpha value is -7.12. The van der Waals surface area contributed by atoms with E-state index in [-0.39, 0.29) is 168 Å². The standard InChI is InChI=1S/C26H24N10O5.C14H13BrO2.C7H5BrFNO2.C4H7ClO.C4H5N7.CH2O3.2K.H3N/c1-2-5-25(37)27-22-9-8-19(36(40)41)12-18(22)15-35-31-24(29-33-35)13-23-28-32-34(30-23)14-16-10-17-6-3-4-7-20(17)21(11-16)26(38)39;1-2-17-14(16)13-8-10(9-15)7-11-5-3-4-6-12(11)13;8-4-5-3-6(10(11)12)1-2-7(5)9;1-2-3-4(5)6;1(3-5-2-6-7-3)4-8-10-11-9-4;2-1(3)4;;;/h3-4,6-12H,2,5,13-15H2,1H3,(H,27,37)(H,38,39);3-8H,2,9H2,1H3;1-3H,4H2;2-3H2,1H3;1-2H2,(H,8,9,10,11);(H2,2,3,4);;;1H3/q;;;;;;2*+1;/p-2. The number of tetrazole rings is 3. The van der Waals surface area contributed by atoms with E-state index >= 15 is 0 Å². The van der Waals surface area contributed by atoms with Gasteiger partial charge in [0.1, 0.15) is 5.82 Å². The number of aliphatic imine (C=N–C) groups is 1. The minimum Gasteiger partial charge on any atom is -0.652 e. The molecule has 38 heteroatoms. The predicted octanol–water partition coefficient (Wildman–Crippen LogP) is 2.22. The van der Waals surface area contributed by atoms with Crippen molar-refractivity contribution < 1.29 is 161 Å². The largest absolute Gasteiger partial charge is 1.00 e. The van der Waals surface area contributed by atoms with Crippen molar-refractivity contribution in [3.05, 3.63) is 186 Å². The molecule has 0 unspecified atom stereocenters. The van der Waals surface area contributed by atoms with Gasteiger partial charge in [0.15, 0.2) is 30.0 Å². The number of H-pyrrole nitrogens is 1. The van der Waals surface area contributed by atoms with E-state index < -0.39 is 27.8 Å². The Morgan fingerprint density at radius 1 is 0.713 bits per heavy atom. The number of fused-ring (bicyclic) bond motifs is 2. The number of carbonyl (C=O) groups is 5. The minimum absolute atomic E-state index is 0. The monoisotopic (exact) mass is 1490 g/mol. The number of hydrogen-bond donors (Lipinski definition) is 4. The summed E-state index contributed by atoms with van der Waals surface area (Å²) in [7, 11) is 0. The maximum absolute atomic E-state index is 12.8. The number of alkyl halides is 2. The van der Waals surface area contributed by atoms with Crippen LogP contribution in [-0.4, -0.2) is 124 Å². The van der Waals surface area contributed by atoms with Crippen molar-refractivity contribution in [2.24, 2.45) is 15.2 Å². The van der Waals surface area contributed by atoms with Gasteiger partial charge in [-0.2, -0.15) is 19.9 Å². The predicted molar refractivity (Wildman–Crippen MR) is 334 cm³/mol. The van der Waals surface area contributed by atoms with Gasteiger partial charge in [0.25, 0.3) is 11.4 Å². The Balaban J connectivity index is 0.000000464. The number of carbonyl (C=O) groups excluding carboxylic acids is 4. The van der Waals surface area contributed by atoms with Crippen LogP contribution in [-0.2, 0) is 50.9 Å². The van der Waals surface area contributed by atoms with E-state index in [0.717, 1.165) is 45.6 Å². The van der Waals surface area contributed by atoms with Crippen LogP contribution in [0.1, 0.15) is 107 Å². The fourth-order valence-electron chi connectivity index (χ4n) is 7.86. The van der Waals surface area contributed by atoms with Crippen molar-refractivity contribution in [3.8, 4) is 0 Å². The number of anilines is 1. The van der Waals surface area contributed by atoms with Crippen molar-refractivity contribution >= 4 is 117 Å². The summed E-state index contributed by atoms with van der Waals surface area (Å²) in [6.07, 6.45) is 0.612. The number of azo groups is 1. The number of amidine groups is 1. The first-order valence-corrected chi connectivity index (χ1v) is 29.6. The van der Waals surface area contributed by atoms with E-state index in [9.17, 15) is 48.9 Å². The molecule has 6 aromatic carbocycles. The molecule has 0 radical (unpaired) electrons. The first-order chi connectivity index (χ1) is 43.6. The summed E-state index contributed by atoms with van der Waals surface area (Å²) in [6.45, 7) is 6.67. The number of aromatic carboxylic acids is 1. The molecule has 1 aliphatic heterocycles. The van der Waals surface area contributed by atoms with Gasteiger partial charge in [-0.05, 0) is 111 Å². The molecular formula is C56H57Br2ClFK2N19O13. The molecule has 3 aromatic heterocycles. The molecule has 9 aromatic rings. The third-order valence-electron chi connectivity index (χ3n) is 11.8. The molecule has 94 heavy (non-hydrogen) atoms. The van der Waals surface area contributed by atoms with E-state index in [1.807, 2.05) is 69.3 Å². The molecule has 0 fully saturated rings. The summed E-state index contributed by atoms with van der Waals surface area (Å²) >= 11 is 11.4. The molecular weight excluding hydrogens is 1440 g/mol. The third-order valence-corrected chi connectivity index (χ3v) is 13.2. The van der Waals surface area contributed by atoms with Gasteiger partial charge in [0, 0.05) is 64.6 Å².